The van der Waals surface area contributed by atoms with Gasteiger partial charge >= 0.3 is 0 Å². The van der Waals surface area contributed by atoms with Gasteiger partial charge < -0.3 is 15.5 Å². The number of benzene rings is 1. The van der Waals surface area contributed by atoms with Gasteiger partial charge in [-0.15, -0.1) is 24.8 Å². The Bertz CT molecular complexity index is 448. The molecule has 0 unspecified atom stereocenters. The molecule has 0 atom stereocenters. The molecule has 1 fully saturated rings. The Hall–Kier alpha value is -0.680. The highest BCUT2D eigenvalue weighted by molar-refractivity contribution is 6.30. The van der Waals surface area contributed by atoms with Crippen molar-refractivity contribution in [2.24, 2.45) is 0 Å². The van der Waals surface area contributed by atoms with E-state index in [-0.39, 0.29) is 24.8 Å². The van der Waals surface area contributed by atoms with Gasteiger partial charge in [-0.25, -0.2) is 0 Å². The van der Waals surface area contributed by atoms with Crippen molar-refractivity contribution in [3.8, 4) is 0 Å². The lowest BCUT2D eigenvalue weighted by Gasteiger charge is -2.14. The summed E-state index contributed by atoms with van der Waals surface area (Å²) in [6.45, 7) is 5.39. The molecule has 2 rings (SSSR count). The molecule has 0 radical (unpaired) electrons. The van der Waals surface area contributed by atoms with Crippen molar-refractivity contribution in [2.45, 2.75) is 32.1 Å². The van der Waals surface area contributed by atoms with E-state index in [1.165, 1.54) is 44.5 Å². The van der Waals surface area contributed by atoms with E-state index in [1.807, 2.05) is 24.3 Å². The molecule has 0 bridgehead atoms. The second-order valence-corrected chi connectivity index (χ2v) is 6.30. The van der Waals surface area contributed by atoms with Gasteiger partial charge in [0.25, 0.3) is 0 Å². The number of nitrogens with zero attached hydrogens (tertiary/aromatic N) is 1. The SMILES string of the molecule is Cl.Cl.N=C(NCCCCN1CCCC1)NCCc1ccc(Cl)cc1. The van der Waals surface area contributed by atoms with Crippen molar-refractivity contribution < 1.29 is 0 Å². The Morgan fingerprint density at radius 2 is 1.62 bits per heavy atom. The number of likely N-dealkylation sites (tertiary alicyclic amines) is 1. The molecular formula is C17H29Cl3N4. The molecule has 138 valence electrons. The Morgan fingerprint density at radius 1 is 1.00 bits per heavy atom. The molecule has 1 aliphatic heterocycles. The first-order valence-electron chi connectivity index (χ1n) is 8.27. The third-order valence-electron chi connectivity index (χ3n) is 4.03. The van der Waals surface area contributed by atoms with Crippen molar-refractivity contribution in [2.75, 3.05) is 32.7 Å². The second kappa shape index (κ2) is 13.6. The van der Waals surface area contributed by atoms with E-state index in [0.29, 0.717) is 5.96 Å². The lowest BCUT2D eigenvalue weighted by molar-refractivity contribution is 0.330. The highest BCUT2D eigenvalue weighted by Crippen LogP contribution is 2.09. The Morgan fingerprint density at radius 3 is 2.29 bits per heavy atom. The maximum Gasteiger partial charge on any atom is 0.188 e. The molecule has 24 heavy (non-hydrogen) atoms. The summed E-state index contributed by atoms with van der Waals surface area (Å²) >= 11 is 5.86. The minimum absolute atomic E-state index is 0. The lowest BCUT2D eigenvalue weighted by Crippen LogP contribution is -2.38. The van der Waals surface area contributed by atoms with E-state index in [9.17, 15) is 0 Å². The Kier molecular flexibility index (Phi) is 13.2. The molecule has 0 spiro atoms. The fraction of sp³-hybridized carbons (Fsp3) is 0.588. The van der Waals surface area contributed by atoms with Gasteiger partial charge in [0, 0.05) is 18.1 Å². The van der Waals surface area contributed by atoms with E-state index < -0.39 is 0 Å². The first-order valence-corrected chi connectivity index (χ1v) is 8.65. The maximum absolute atomic E-state index is 7.84. The summed E-state index contributed by atoms with van der Waals surface area (Å²) in [4.78, 5) is 2.54. The molecule has 0 saturated carbocycles. The summed E-state index contributed by atoms with van der Waals surface area (Å²) in [5, 5.41) is 14.8. The number of nitrogens with one attached hydrogen (secondary N) is 3. The number of hydrogen-bond acceptors (Lipinski definition) is 2. The number of guanidine groups is 1. The van der Waals surface area contributed by atoms with Crippen molar-refractivity contribution in [1.29, 1.82) is 5.41 Å². The third-order valence-corrected chi connectivity index (χ3v) is 4.28. The van der Waals surface area contributed by atoms with Gasteiger partial charge in [-0.1, -0.05) is 23.7 Å². The zero-order valence-electron chi connectivity index (χ0n) is 14.0. The van der Waals surface area contributed by atoms with Crippen molar-refractivity contribution in [1.82, 2.24) is 15.5 Å². The van der Waals surface area contributed by atoms with Crippen LogP contribution in [0.1, 0.15) is 31.2 Å². The monoisotopic (exact) mass is 394 g/mol. The van der Waals surface area contributed by atoms with Gasteiger partial charge in [-0.2, -0.15) is 0 Å². The summed E-state index contributed by atoms with van der Waals surface area (Å²) < 4.78 is 0. The van der Waals surface area contributed by atoms with Gasteiger partial charge in [0.15, 0.2) is 5.96 Å². The normalized spacial score (nSPS) is 13.7. The highest BCUT2D eigenvalue weighted by atomic mass is 35.5. The number of unbranched alkanes of at least 4 members (excludes halogenated alkanes) is 1. The van der Waals surface area contributed by atoms with Crippen LogP contribution in [0.4, 0.5) is 0 Å². The van der Waals surface area contributed by atoms with Crippen LogP contribution >= 0.6 is 36.4 Å². The molecular weight excluding hydrogens is 367 g/mol. The quantitative estimate of drug-likeness (QED) is 0.357. The molecule has 3 N–H and O–H groups in total. The van der Waals surface area contributed by atoms with Crippen molar-refractivity contribution >= 4 is 42.4 Å². The highest BCUT2D eigenvalue weighted by Gasteiger charge is 2.09. The van der Waals surface area contributed by atoms with E-state index in [0.717, 1.165) is 31.0 Å². The van der Waals surface area contributed by atoms with Crippen LogP contribution in [0.15, 0.2) is 24.3 Å². The van der Waals surface area contributed by atoms with Gasteiger partial charge in [-0.3, -0.25) is 5.41 Å². The summed E-state index contributed by atoms with van der Waals surface area (Å²) in [7, 11) is 0. The summed E-state index contributed by atoms with van der Waals surface area (Å²) in [5.74, 6) is 0.426. The predicted molar refractivity (Wildman–Crippen MR) is 108 cm³/mol. The Balaban J connectivity index is 0.00000264. The fourth-order valence-electron chi connectivity index (χ4n) is 2.73. The van der Waals surface area contributed by atoms with Gasteiger partial charge in [0.1, 0.15) is 0 Å². The zero-order valence-corrected chi connectivity index (χ0v) is 16.4. The van der Waals surface area contributed by atoms with Crippen LogP contribution in [0.2, 0.25) is 5.02 Å². The molecule has 1 aromatic carbocycles. The van der Waals surface area contributed by atoms with Crippen LogP contribution in [-0.2, 0) is 6.42 Å². The standard InChI is InChI=1S/C17H27ClN4.2ClH/c18-16-7-5-15(6-8-16)9-11-21-17(19)20-10-1-2-12-22-13-3-4-14-22;;/h5-8H,1-4,9-14H2,(H3,19,20,21);2*1H. The van der Waals surface area contributed by atoms with Crippen LogP contribution in [0, 0.1) is 5.41 Å². The maximum atomic E-state index is 7.84. The largest absolute Gasteiger partial charge is 0.357 e. The molecule has 0 aromatic heterocycles. The zero-order chi connectivity index (χ0) is 15.6. The van der Waals surface area contributed by atoms with Crippen LogP contribution in [0.5, 0.6) is 0 Å². The Labute approximate surface area is 163 Å². The molecule has 1 aromatic rings. The van der Waals surface area contributed by atoms with Crippen LogP contribution in [0.3, 0.4) is 0 Å². The second-order valence-electron chi connectivity index (χ2n) is 5.86. The number of halogens is 3. The lowest BCUT2D eigenvalue weighted by atomic mass is 10.1. The average molecular weight is 396 g/mol. The molecule has 7 heteroatoms. The first-order chi connectivity index (χ1) is 10.7. The summed E-state index contributed by atoms with van der Waals surface area (Å²) in [5.41, 5.74) is 1.23. The molecule has 1 heterocycles. The molecule has 0 aliphatic carbocycles. The van der Waals surface area contributed by atoms with Gasteiger partial charge in [0.2, 0.25) is 0 Å². The third kappa shape index (κ3) is 9.58. The van der Waals surface area contributed by atoms with E-state index in [1.54, 1.807) is 0 Å². The minimum atomic E-state index is 0. The van der Waals surface area contributed by atoms with Gasteiger partial charge in [0.05, 0.1) is 0 Å². The number of rotatable bonds is 8. The van der Waals surface area contributed by atoms with Crippen LogP contribution < -0.4 is 10.6 Å². The van der Waals surface area contributed by atoms with E-state index in [4.69, 9.17) is 17.0 Å². The fourth-order valence-corrected chi connectivity index (χ4v) is 2.85. The van der Waals surface area contributed by atoms with Gasteiger partial charge in [-0.05, 0) is 69.4 Å². The van der Waals surface area contributed by atoms with Crippen LogP contribution in [-0.4, -0.2) is 43.6 Å². The van der Waals surface area contributed by atoms with Crippen LogP contribution in [0.25, 0.3) is 0 Å². The van der Waals surface area contributed by atoms with Crippen molar-refractivity contribution in [3.05, 3.63) is 34.9 Å². The molecule has 1 aliphatic rings. The summed E-state index contributed by atoms with van der Waals surface area (Å²) in [6, 6.07) is 7.86. The topological polar surface area (TPSA) is 51.2 Å². The predicted octanol–water partition coefficient (Wildman–Crippen LogP) is 3.72. The van der Waals surface area contributed by atoms with E-state index in [2.05, 4.69) is 15.5 Å². The number of hydrogen-bond donors (Lipinski definition) is 3. The molecule has 1 saturated heterocycles. The average Bonchev–Trinajstić information content (AvgIpc) is 3.02. The smallest absolute Gasteiger partial charge is 0.188 e. The minimum Gasteiger partial charge on any atom is -0.357 e. The molecule has 4 nitrogen and oxygen atoms in total. The van der Waals surface area contributed by atoms with E-state index >= 15 is 0 Å². The van der Waals surface area contributed by atoms with Crippen molar-refractivity contribution in [3.63, 3.8) is 0 Å². The molecule has 0 amide bonds. The summed E-state index contributed by atoms with van der Waals surface area (Å²) in [6.07, 6.45) is 5.96. The first kappa shape index (κ1) is 23.3.